The van der Waals surface area contributed by atoms with Crippen LogP contribution in [0.1, 0.15) is 24.8 Å². The second-order valence-electron chi connectivity index (χ2n) is 7.63. The molecular weight excluding hydrogens is 392 g/mol. The maximum atomic E-state index is 14.0. The predicted molar refractivity (Wildman–Crippen MR) is 112 cm³/mol. The number of hydrogen-bond acceptors (Lipinski definition) is 4. The molecule has 30 heavy (non-hydrogen) atoms. The lowest BCUT2D eigenvalue weighted by Crippen LogP contribution is -2.54. The number of guanidine groups is 1. The summed E-state index contributed by atoms with van der Waals surface area (Å²) < 4.78 is 33.0. The molecule has 3 rings (SSSR count). The van der Waals surface area contributed by atoms with Crippen LogP contribution in [0.15, 0.2) is 23.2 Å². The first-order valence-corrected chi connectivity index (χ1v) is 10.5. The summed E-state index contributed by atoms with van der Waals surface area (Å²) in [5, 5.41) is 6.22. The van der Waals surface area contributed by atoms with Crippen molar-refractivity contribution in [2.45, 2.75) is 25.3 Å². The van der Waals surface area contributed by atoms with Crippen LogP contribution in [0.4, 0.5) is 8.78 Å². The smallest absolute Gasteiger partial charge is 0.234 e. The topological polar surface area (TPSA) is 69.2 Å². The second kappa shape index (κ2) is 10.7. The van der Waals surface area contributed by atoms with E-state index in [4.69, 9.17) is 4.74 Å². The summed E-state index contributed by atoms with van der Waals surface area (Å²) in [6.45, 7) is 6.93. The summed E-state index contributed by atoms with van der Waals surface area (Å²) in [6.07, 6.45) is 0.683. The van der Waals surface area contributed by atoms with Gasteiger partial charge in [0.2, 0.25) is 5.91 Å². The zero-order valence-corrected chi connectivity index (χ0v) is 17.7. The van der Waals surface area contributed by atoms with Gasteiger partial charge in [-0.3, -0.25) is 14.7 Å². The van der Waals surface area contributed by atoms with Crippen LogP contribution in [0.2, 0.25) is 0 Å². The zero-order valence-electron chi connectivity index (χ0n) is 17.7. The molecule has 1 saturated carbocycles. The normalized spacial score (nSPS) is 22.1. The monoisotopic (exact) mass is 423 g/mol. The SMILES string of the molecule is CCN=C(NC1CC1c1c(F)cccc1F)N1CCN(CC(=O)NCCOC)CC1. The zero-order chi connectivity index (χ0) is 21.5. The number of nitrogens with zero attached hydrogens (tertiary/aromatic N) is 3. The minimum Gasteiger partial charge on any atom is -0.383 e. The van der Waals surface area contributed by atoms with Gasteiger partial charge >= 0.3 is 0 Å². The van der Waals surface area contributed by atoms with Crippen LogP contribution < -0.4 is 10.6 Å². The summed E-state index contributed by atoms with van der Waals surface area (Å²) in [5.41, 5.74) is 0.162. The van der Waals surface area contributed by atoms with Crippen molar-refractivity contribution in [2.24, 2.45) is 4.99 Å². The molecule has 1 aliphatic heterocycles. The van der Waals surface area contributed by atoms with Crippen molar-refractivity contribution in [1.29, 1.82) is 0 Å². The minimum absolute atomic E-state index is 0.00573. The van der Waals surface area contributed by atoms with Crippen molar-refractivity contribution in [2.75, 3.05) is 59.5 Å². The predicted octanol–water partition coefficient (Wildman–Crippen LogP) is 1.17. The number of carbonyl (C=O) groups is 1. The first-order valence-electron chi connectivity index (χ1n) is 10.5. The van der Waals surface area contributed by atoms with Crippen molar-refractivity contribution in [3.05, 3.63) is 35.4 Å². The number of aliphatic imine (C=N–C) groups is 1. The Balaban J connectivity index is 1.49. The average Bonchev–Trinajstić information content (AvgIpc) is 3.47. The Morgan fingerprint density at radius 1 is 1.23 bits per heavy atom. The third kappa shape index (κ3) is 5.89. The van der Waals surface area contributed by atoms with Gasteiger partial charge in [0, 0.05) is 63.9 Å². The van der Waals surface area contributed by atoms with Gasteiger partial charge < -0.3 is 20.3 Å². The Hall–Kier alpha value is -2.26. The second-order valence-corrected chi connectivity index (χ2v) is 7.63. The molecule has 2 fully saturated rings. The van der Waals surface area contributed by atoms with Gasteiger partial charge in [0.1, 0.15) is 11.6 Å². The highest BCUT2D eigenvalue weighted by Crippen LogP contribution is 2.43. The number of methoxy groups -OCH3 is 1. The van der Waals surface area contributed by atoms with E-state index in [0.717, 1.165) is 32.1 Å². The fraction of sp³-hybridized carbons (Fsp3) is 0.619. The van der Waals surface area contributed by atoms with E-state index in [0.29, 0.717) is 32.7 Å². The average molecular weight is 424 g/mol. The molecule has 0 aromatic heterocycles. The third-order valence-electron chi connectivity index (χ3n) is 5.45. The summed E-state index contributed by atoms with van der Waals surface area (Å²) in [4.78, 5) is 20.8. The highest BCUT2D eigenvalue weighted by molar-refractivity contribution is 5.81. The molecule has 2 aliphatic rings. The van der Waals surface area contributed by atoms with Crippen molar-refractivity contribution >= 4 is 11.9 Å². The van der Waals surface area contributed by atoms with E-state index >= 15 is 0 Å². The first kappa shape index (κ1) is 22.4. The van der Waals surface area contributed by atoms with Gasteiger partial charge in [-0.25, -0.2) is 8.78 Å². The molecule has 9 heteroatoms. The molecule has 1 saturated heterocycles. The quantitative estimate of drug-likeness (QED) is 0.373. The summed E-state index contributed by atoms with van der Waals surface area (Å²) in [5.74, 6) is -0.392. The van der Waals surface area contributed by atoms with Crippen molar-refractivity contribution in [3.8, 4) is 0 Å². The number of nitrogens with one attached hydrogen (secondary N) is 2. The summed E-state index contributed by atoms with van der Waals surface area (Å²) in [6, 6.07) is 3.98. The maximum absolute atomic E-state index is 14.0. The van der Waals surface area contributed by atoms with Crippen molar-refractivity contribution in [3.63, 3.8) is 0 Å². The van der Waals surface area contributed by atoms with Crippen LogP contribution in [0.3, 0.4) is 0 Å². The molecule has 166 valence electrons. The molecule has 1 aliphatic carbocycles. The Morgan fingerprint density at radius 2 is 1.93 bits per heavy atom. The van der Waals surface area contributed by atoms with E-state index in [1.165, 1.54) is 18.2 Å². The fourth-order valence-electron chi connectivity index (χ4n) is 3.76. The molecule has 2 N–H and O–H groups in total. The van der Waals surface area contributed by atoms with Gasteiger partial charge in [-0.15, -0.1) is 0 Å². The van der Waals surface area contributed by atoms with E-state index in [1.807, 2.05) is 6.92 Å². The van der Waals surface area contributed by atoms with Crippen LogP contribution in [-0.4, -0.2) is 87.2 Å². The summed E-state index contributed by atoms with van der Waals surface area (Å²) in [7, 11) is 1.60. The number of hydrogen-bond donors (Lipinski definition) is 2. The molecular formula is C21H31F2N5O2. The lowest BCUT2D eigenvalue weighted by atomic mass is 10.1. The van der Waals surface area contributed by atoms with Crippen LogP contribution >= 0.6 is 0 Å². The van der Waals surface area contributed by atoms with E-state index in [-0.39, 0.29) is 23.4 Å². The highest BCUT2D eigenvalue weighted by atomic mass is 19.1. The molecule has 1 amide bonds. The third-order valence-corrected chi connectivity index (χ3v) is 5.45. The summed E-state index contributed by atoms with van der Waals surface area (Å²) >= 11 is 0. The Kier molecular flexibility index (Phi) is 7.98. The number of amides is 1. The number of carbonyl (C=O) groups excluding carboxylic acids is 1. The number of piperazine rings is 1. The van der Waals surface area contributed by atoms with Gasteiger partial charge in [-0.2, -0.15) is 0 Å². The van der Waals surface area contributed by atoms with Gasteiger partial charge in [-0.1, -0.05) is 6.07 Å². The van der Waals surface area contributed by atoms with Gasteiger partial charge in [0.15, 0.2) is 5.96 Å². The lowest BCUT2D eigenvalue weighted by Gasteiger charge is -2.36. The molecule has 1 heterocycles. The first-order chi connectivity index (χ1) is 14.5. The van der Waals surface area contributed by atoms with E-state index in [2.05, 4.69) is 25.4 Å². The van der Waals surface area contributed by atoms with Gasteiger partial charge in [0.25, 0.3) is 0 Å². The van der Waals surface area contributed by atoms with Crippen molar-refractivity contribution in [1.82, 2.24) is 20.4 Å². The van der Waals surface area contributed by atoms with E-state index in [1.54, 1.807) is 7.11 Å². The van der Waals surface area contributed by atoms with E-state index in [9.17, 15) is 13.6 Å². The van der Waals surface area contributed by atoms with Crippen LogP contribution in [0, 0.1) is 11.6 Å². The molecule has 1 aromatic carbocycles. The highest BCUT2D eigenvalue weighted by Gasteiger charge is 2.43. The largest absolute Gasteiger partial charge is 0.383 e. The number of ether oxygens (including phenoxy) is 1. The Morgan fingerprint density at radius 3 is 2.57 bits per heavy atom. The lowest BCUT2D eigenvalue weighted by molar-refractivity contribution is -0.122. The Bertz CT molecular complexity index is 733. The standard InChI is InChI=1S/C21H31F2N5O2/c1-3-24-21(26-18-13-15(18)20-16(22)5-4-6-17(20)23)28-10-8-27(9-11-28)14-19(29)25-7-12-30-2/h4-6,15,18H,3,7-14H2,1-2H3,(H,24,26)(H,25,29). The minimum atomic E-state index is -0.490. The maximum Gasteiger partial charge on any atom is 0.234 e. The Labute approximate surface area is 176 Å². The molecule has 2 unspecified atom stereocenters. The molecule has 0 bridgehead atoms. The number of benzene rings is 1. The molecule has 1 aromatic rings. The molecule has 0 radical (unpaired) electrons. The fourth-order valence-corrected chi connectivity index (χ4v) is 3.76. The molecule has 7 nitrogen and oxygen atoms in total. The van der Waals surface area contributed by atoms with Crippen LogP contribution in [0.25, 0.3) is 0 Å². The van der Waals surface area contributed by atoms with Gasteiger partial charge in [-0.05, 0) is 25.5 Å². The van der Waals surface area contributed by atoms with E-state index < -0.39 is 11.6 Å². The number of rotatable bonds is 8. The molecule has 0 spiro atoms. The van der Waals surface area contributed by atoms with Gasteiger partial charge in [0.05, 0.1) is 13.2 Å². The molecule has 2 atom stereocenters. The number of halogens is 2. The van der Waals surface area contributed by atoms with Crippen LogP contribution in [0.5, 0.6) is 0 Å². The van der Waals surface area contributed by atoms with Crippen molar-refractivity contribution < 1.29 is 18.3 Å². The van der Waals surface area contributed by atoms with Crippen LogP contribution in [-0.2, 0) is 9.53 Å².